The molecular weight excluding hydrogens is 448 g/mol. The third-order valence-electron chi connectivity index (χ3n) is 5.15. The largest absolute Gasteiger partial charge is 0.455 e. The number of rotatable bonds is 7. The van der Waals surface area contributed by atoms with E-state index in [1.165, 1.54) is 6.07 Å². The normalized spacial score (nSPS) is 11.0. The van der Waals surface area contributed by atoms with Gasteiger partial charge in [0.05, 0.1) is 10.6 Å². The van der Waals surface area contributed by atoms with Gasteiger partial charge in [0.2, 0.25) is 0 Å². The third kappa shape index (κ3) is 5.44. The van der Waals surface area contributed by atoms with Crippen molar-refractivity contribution in [3.05, 3.63) is 114 Å². The molecule has 0 radical (unpaired) electrons. The molecule has 0 heterocycles. The Morgan fingerprint density at radius 3 is 2.21 bits per heavy atom. The molecule has 4 aromatic rings. The van der Waals surface area contributed by atoms with Crippen molar-refractivity contribution < 1.29 is 17.9 Å². The molecular formula is C27H24N2O4S. The molecule has 0 bridgehead atoms. The summed E-state index contributed by atoms with van der Waals surface area (Å²) in [6.45, 7) is 3.61. The Bertz CT molecular complexity index is 1420. The van der Waals surface area contributed by atoms with Gasteiger partial charge in [-0.2, -0.15) is 0 Å². The summed E-state index contributed by atoms with van der Waals surface area (Å²) >= 11 is 0. The van der Waals surface area contributed by atoms with Crippen molar-refractivity contribution in [2.45, 2.75) is 18.7 Å². The molecule has 0 aliphatic heterocycles. The summed E-state index contributed by atoms with van der Waals surface area (Å²) < 4.78 is 34.5. The summed E-state index contributed by atoms with van der Waals surface area (Å²) in [4.78, 5) is 13.1. The van der Waals surface area contributed by atoms with Gasteiger partial charge in [-0.3, -0.25) is 9.52 Å². The van der Waals surface area contributed by atoms with Gasteiger partial charge in [0.1, 0.15) is 5.75 Å². The Hall–Kier alpha value is -4.10. The number of hydrogen-bond acceptors (Lipinski definition) is 4. The first-order chi connectivity index (χ1) is 16.3. The number of ether oxygens (including phenoxy) is 1. The van der Waals surface area contributed by atoms with Gasteiger partial charge in [0.15, 0.2) is 5.75 Å². The maximum Gasteiger partial charge on any atom is 0.262 e. The van der Waals surface area contributed by atoms with Gasteiger partial charge in [-0.15, -0.1) is 0 Å². The zero-order valence-electron chi connectivity index (χ0n) is 18.8. The molecule has 4 rings (SSSR count). The molecule has 0 unspecified atom stereocenters. The fraction of sp³-hybridized carbons (Fsp3) is 0.0741. The molecule has 0 spiro atoms. The molecule has 34 heavy (non-hydrogen) atoms. The van der Waals surface area contributed by atoms with Gasteiger partial charge in [0.25, 0.3) is 15.9 Å². The van der Waals surface area contributed by atoms with Crippen LogP contribution in [0.25, 0.3) is 0 Å². The average Bonchev–Trinajstić information content (AvgIpc) is 2.82. The Balaban J connectivity index is 1.57. The number of anilines is 2. The number of carbonyl (C=O) groups is 1. The minimum Gasteiger partial charge on any atom is -0.455 e. The van der Waals surface area contributed by atoms with Crippen LogP contribution in [0.2, 0.25) is 0 Å². The van der Waals surface area contributed by atoms with Crippen molar-refractivity contribution in [3.8, 4) is 11.5 Å². The minimum absolute atomic E-state index is 0.0366. The molecule has 2 N–H and O–H groups in total. The summed E-state index contributed by atoms with van der Waals surface area (Å²) in [6, 6.07) is 27.9. The van der Waals surface area contributed by atoms with E-state index in [4.69, 9.17) is 4.74 Å². The lowest BCUT2D eigenvalue weighted by Crippen LogP contribution is -2.17. The molecule has 172 valence electrons. The lowest BCUT2D eigenvalue weighted by atomic mass is 10.1. The molecule has 0 atom stereocenters. The van der Waals surface area contributed by atoms with Crippen LogP contribution in [-0.2, 0) is 10.0 Å². The number of nitrogens with one attached hydrogen (secondary N) is 2. The third-order valence-corrected chi connectivity index (χ3v) is 6.67. The summed E-state index contributed by atoms with van der Waals surface area (Å²) in [6.07, 6.45) is 0. The van der Waals surface area contributed by atoms with Crippen LogP contribution < -0.4 is 14.8 Å². The fourth-order valence-corrected chi connectivity index (χ4v) is 4.66. The van der Waals surface area contributed by atoms with Crippen LogP contribution in [0.3, 0.4) is 0 Å². The molecule has 0 aliphatic carbocycles. The molecule has 0 saturated heterocycles. The van der Waals surface area contributed by atoms with E-state index in [1.54, 1.807) is 55.5 Å². The highest BCUT2D eigenvalue weighted by Crippen LogP contribution is 2.30. The monoisotopic (exact) mass is 472 g/mol. The lowest BCUT2D eigenvalue weighted by Gasteiger charge is -2.14. The topological polar surface area (TPSA) is 84.5 Å². The maximum atomic E-state index is 13.0. The molecule has 1 amide bonds. The molecule has 0 fully saturated rings. The second kappa shape index (κ2) is 9.80. The number of amides is 1. The molecule has 0 aliphatic rings. The second-order valence-electron chi connectivity index (χ2n) is 7.82. The lowest BCUT2D eigenvalue weighted by molar-refractivity contribution is 0.102. The van der Waals surface area contributed by atoms with Crippen LogP contribution in [0, 0.1) is 13.8 Å². The highest BCUT2D eigenvalue weighted by Gasteiger charge is 2.20. The van der Waals surface area contributed by atoms with E-state index in [1.807, 2.05) is 49.4 Å². The van der Waals surface area contributed by atoms with Crippen molar-refractivity contribution in [2.24, 2.45) is 0 Å². The van der Waals surface area contributed by atoms with E-state index >= 15 is 0 Å². The Kier molecular flexibility index (Phi) is 6.65. The van der Waals surface area contributed by atoms with Gasteiger partial charge in [-0.25, -0.2) is 8.42 Å². The molecule has 6 nitrogen and oxygen atoms in total. The van der Waals surface area contributed by atoms with Crippen molar-refractivity contribution in [2.75, 3.05) is 10.0 Å². The number of aryl methyl sites for hydroxylation is 2. The predicted octanol–water partition coefficient (Wildman–Crippen LogP) is 6.15. The summed E-state index contributed by atoms with van der Waals surface area (Å²) in [5, 5.41) is 2.82. The Morgan fingerprint density at radius 1 is 0.794 bits per heavy atom. The zero-order valence-corrected chi connectivity index (χ0v) is 19.6. The van der Waals surface area contributed by atoms with E-state index in [0.717, 1.165) is 5.56 Å². The summed E-state index contributed by atoms with van der Waals surface area (Å²) in [7, 11) is -3.89. The molecule has 7 heteroatoms. The van der Waals surface area contributed by atoms with E-state index < -0.39 is 15.9 Å². The van der Waals surface area contributed by atoms with E-state index in [9.17, 15) is 13.2 Å². The van der Waals surface area contributed by atoms with Gasteiger partial charge in [0, 0.05) is 11.3 Å². The first-order valence-electron chi connectivity index (χ1n) is 10.7. The average molecular weight is 473 g/mol. The molecule has 0 saturated carbocycles. The van der Waals surface area contributed by atoms with Crippen molar-refractivity contribution >= 4 is 27.3 Å². The van der Waals surface area contributed by atoms with Crippen LogP contribution in [0.5, 0.6) is 11.5 Å². The van der Waals surface area contributed by atoms with Gasteiger partial charge in [-0.05, 0) is 67.9 Å². The predicted molar refractivity (Wildman–Crippen MR) is 134 cm³/mol. The number of para-hydroxylation sites is 3. The second-order valence-corrected chi connectivity index (χ2v) is 9.47. The highest BCUT2D eigenvalue weighted by molar-refractivity contribution is 7.92. The number of benzene rings is 4. The Morgan fingerprint density at radius 2 is 1.47 bits per heavy atom. The zero-order chi connectivity index (χ0) is 24.1. The van der Waals surface area contributed by atoms with Gasteiger partial charge in [-0.1, -0.05) is 54.1 Å². The van der Waals surface area contributed by atoms with Gasteiger partial charge >= 0.3 is 0 Å². The van der Waals surface area contributed by atoms with E-state index in [0.29, 0.717) is 28.4 Å². The van der Waals surface area contributed by atoms with Gasteiger partial charge < -0.3 is 10.1 Å². The Labute approximate surface area is 199 Å². The minimum atomic E-state index is -3.89. The number of hydrogen-bond donors (Lipinski definition) is 2. The molecule has 4 aromatic carbocycles. The number of carbonyl (C=O) groups excluding carboxylic acids is 1. The molecule has 0 aromatic heterocycles. The fourth-order valence-electron chi connectivity index (χ4n) is 3.33. The van der Waals surface area contributed by atoms with Crippen LogP contribution >= 0.6 is 0 Å². The van der Waals surface area contributed by atoms with E-state index in [2.05, 4.69) is 10.0 Å². The van der Waals surface area contributed by atoms with E-state index in [-0.39, 0.29) is 10.5 Å². The SMILES string of the molecule is Cc1ccc(NS(=O)(=O)c2cc(C(=O)Nc3ccccc3Oc3ccccc3)ccc2C)cc1. The quantitative estimate of drug-likeness (QED) is 0.338. The smallest absolute Gasteiger partial charge is 0.262 e. The standard InChI is InChI=1S/C27H24N2O4S/c1-19-12-16-22(17-13-19)29-34(31,32)26-18-21(15-14-20(26)2)27(30)28-24-10-6-7-11-25(24)33-23-8-4-3-5-9-23/h3-18,29H,1-2H3,(H,28,30). The summed E-state index contributed by atoms with van der Waals surface area (Å²) in [5.41, 5.74) is 2.69. The first kappa shape index (κ1) is 23.1. The summed E-state index contributed by atoms with van der Waals surface area (Å²) in [5.74, 6) is 0.661. The number of sulfonamides is 1. The van der Waals surface area contributed by atoms with Crippen LogP contribution in [0.4, 0.5) is 11.4 Å². The van der Waals surface area contributed by atoms with Crippen LogP contribution in [0.15, 0.2) is 102 Å². The van der Waals surface area contributed by atoms with Crippen LogP contribution in [-0.4, -0.2) is 14.3 Å². The van der Waals surface area contributed by atoms with Crippen molar-refractivity contribution in [1.82, 2.24) is 0 Å². The van der Waals surface area contributed by atoms with Crippen molar-refractivity contribution in [3.63, 3.8) is 0 Å². The van der Waals surface area contributed by atoms with Crippen LogP contribution in [0.1, 0.15) is 21.5 Å². The first-order valence-corrected chi connectivity index (χ1v) is 12.1. The maximum absolute atomic E-state index is 13.0. The van der Waals surface area contributed by atoms with Crippen molar-refractivity contribution in [1.29, 1.82) is 0 Å². The highest BCUT2D eigenvalue weighted by atomic mass is 32.2.